The Morgan fingerprint density at radius 3 is 2.77 bits per heavy atom. The second kappa shape index (κ2) is 8.67. The summed E-state index contributed by atoms with van der Waals surface area (Å²) in [6.45, 7) is 2.48. The molecule has 2 N–H and O–H groups in total. The number of nitriles is 1. The highest BCUT2D eigenvalue weighted by Crippen LogP contribution is 2.30. The Bertz CT molecular complexity index is 1080. The Kier molecular flexibility index (Phi) is 5.63. The first-order chi connectivity index (χ1) is 14.7. The molecule has 1 fully saturated rings. The van der Waals surface area contributed by atoms with E-state index in [0.29, 0.717) is 42.6 Å². The van der Waals surface area contributed by atoms with Crippen molar-refractivity contribution < 1.29 is 9.21 Å². The van der Waals surface area contributed by atoms with Crippen LogP contribution in [0.4, 0.5) is 11.4 Å². The molecule has 2 aromatic heterocycles. The van der Waals surface area contributed by atoms with Gasteiger partial charge in [0.05, 0.1) is 17.0 Å². The molecule has 0 radical (unpaired) electrons. The number of rotatable bonds is 5. The van der Waals surface area contributed by atoms with Crippen molar-refractivity contribution in [2.45, 2.75) is 0 Å². The van der Waals surface area contributed by atoms with Gasteiger partial charge in [0.25, 0.3) is 5.91 Å². The summed E-state index contributed by atoms with van der Waals surface area (Å²) in [7, 11) is 0. The molecule has 0 bridgehead atoms. The molecule has 0 unspecified atom stereocenters. The van der Waals surface area contributed by atoms with Gasteiger partial charge < -0.3 is 19.5 Å². The number of furan rings is 1. The molecular formula is C19H17ClN8O2. The molecule has 1 saturated heterocycles. The van der Waals surface area contributed by atoms with Gasteiger partial charge in [-0.15, -0.1) is 10.2 Å². The fourth-order valence-electron chi connectivity index (χ4n) is 3.14. The molecule has 3 heterocycles. The summed E-state index contributed by atoms with van der Waals surface area (Å²) in [5.41, 5.74) is 1.84. The maximum atomic E-state index is 12.4. The molecule has 152 valence electrons. The van der Waals surface area contributed by atoms with Gasteiger partial charge >= 0.3 is 0 Å². The topological polar surface area (TPSA) is 127 Å². The number of halogens is 1. The number of tetrazole rings is 1. The van der Waals surface area contributed by atoms with E-state index in [2.05, 4.69) is 30.8 Å². The van der Waals surface area contributed by atoms with Gasteiger partial charge in [-0.05, 0) is 35.5 Å². The average molecular weight is 425 g/mol. The number of aromatic amines is 1. The van der Waals surface area contributed by atoms with Crippen LogP contribution in [0.25, 0.3) is 5.57 Å². The standard InChI is InChI=1S/C19H17ClN8O2/c20-15-10-14(22-12-13(11-21)18-23-25-26-24-18)3-4-16(15)27-5-7-28(8-6-27)19(29)17-2-1-9-30-17/h1-4,9-10,12,22H,5-8H2,(H,23,24,25,26). The third-order valence-electron chi connectivity index (χ3n) is 4.68. The van der Waals surface area contributed by atoms with Gasteiger partial charge in [-0.3, -0.25) is 4.79 Å². The van der Waals surface area contributed by atoms with Crippen molar-refractivity contribution in [3.8, 4) is 6.07 Å². The molecule has 0 aliphatic carbocycles. The van der Waals surface area contributed by atoms with Crippen molar-refractivity contribution in [3.05, 3.63) is 59.4 Å². The van der Waals surface area contributed by atoms with E-state index in [1.54, 1.807) is 23.1 Å². The first kappa shape index (κ1) is 19.5. The summed E-state index contributed by atoms with van der Waals surface area (Å²) in [5.74, 6) is 0.448. The molecule has 4 rings (SSSR count). The number of amides is 1. The smallest absolute Gasteiger partial charge is 0.289 e. The maximum Gasteiger partial charge on any atom is 0.289 e. The lowest BCUT2D eigenvalue weighted by Crippen LogP contribution is -2.48. The zero-order chi connectivity index (χ0) is 20.9. The van der Waals surface area contributed by atoms with Crippen LogP contribution in [0.3, 0.4) is 0 Å². The third-order valence-corrected chi connectivity index (χ3v) is 4.98. The van der Waals surface area contributed by atoms with Crippen molar-refractivity contribution in [2.24, 2.45) is 0 Å². The molecule has 30 heavy (non-hydrogen) atoms. The predicted molar refractivity (Wildman–Crippen MR) is 110 cm³/mol. The lowest BCUT2D eigenvalue weighted by molar-refractivity contribution is 0.0714. The zero-order valence-corrected chi connectivity index (χ0v) is 16.5. The number of carbonyl (C=O) groups excluding carboxylic acids is 1. The fraction of sp³-hybridized carbons (Fsp3) is 0.211. The van der Waals surface area contributed by atoms with Crippen molar-refractivity contribution in [1.29, 1.82) is 5.26 Å². The summed E-state index contributed by atoms with van der Waals surface area (Å²) < 4.78 is 5.19. The van der Waals surface area contributed by atoms with Crippen LogP contribution in [0.2, 0.25) is 5.02 Å². The lowest BCUT2D eigenvalue weighted by atomic mass is 10.2. The average Bonchev–Trinajstić information content (AvgIpc) is 3.49. The first-order valence-corrected chi connectivity index (χ1v) is 9.51. The molecule has 3 aromatic rings. The van der Waals surface area contributed by atoms with Crippen molar-refractivity contribution in [1.82, 2.24) is 25.5 Å². The summed E-state index contributed by atoms with van der Waals surface area (Å²) in [6, 6.07) is 10.9. The molecule has 1 aliphatic heterocycles. The van der Waals surface area contributed by atoms with Crippen LogP contribution >= 0.6 is 11.6 Å². The molecule has 10 nitrogen and oxygen atoms in total. The minimum absolute atomic E-state index is 0.105. The maximum absolute atomic E-state index is 12.4. The Hall–Kier alpha value is -3.84. The van der Waals surface area contributed by atoms with E-state index >= 15 is 0 Å². The van der Waals surface area contributed by atoms with E-state index in [-0.39, 0.29) is 17.3 Å². The number of H-pyrrole nitrogens is 1. The highest BCUT2D eigenvalue weighted by atomic mass is 35.5. The van der Waals surface area contributed by atoms with E-state index in [9.17, 15) is 10.1 Å². The zero-order valence-electron chi connectivity index (χ0n) is 15.7. The monoisotopic (exact) mass is 424 g/mol. The number of carbonyl (C=O) groups is 1. The second-order valence-corrected chi connectivity index (χ2v) is 6.88. The Morgan fingerprint density at radius 1 is 1.30 bits per heavy atom. The van der Waals surface area contributed by atoms with E-state index in [4.69, 9.17) is 16.0 Å². The minimum Gasteiger partial charge on any atom is -0.459 e. The van der Waals surface area contributed by atoms with E-state index in [1.807, 2.05) is 18.2 Å². The number of allylic oxidation sites excluding steroid dienone is 1. The minimum atomic E-state index is -0.105. The van der Waals surface area contributed by atoms with Gasteiger partial charge in [0.15, 0.2) is 5.76 Å². The molecule has 0 spiro atoms. The number of nitrogens with zero attached hydrogens (tertiary/aromatic N) is 6. The van der Waals surface area contributed by atoms with Gasteiger partial charge in [-0.2, -0.15) is 10.5 Å². The van der Waals surface area contributed by atoms with Gasteiger partial charge in [0.1, 0.15) is 11.6 Å². The number of piperazine rings is 1. The highest BCUT2D eigenvalue weighted by molar-refractivity contribution is 6.33. The van der Waals surface area contributed by atoms with Gasteiger partial charge in [0, 0.05) is 38.1 Å². The number of aromatic nitrogens is 4. The van der Waals surface area contributed by atoms with Crippen LogP contribution in [0.5, 0.6) is 0 Å². The fourth-order valence-corrected chi connectivity index (χ4v) is 3.44. The van der Waals surface area contributed by atoms with E-state index < -0.39 is 0 Å². The Balaban J connectivity index is 1.39. The molecule has 0 atom stereocenters. The van der Waals surface area contributed by atoms with Gasteiger partial charge in [0.2, 0.25) is 5.82 Å². The first-order valence-electron chi connectivity index (χ1n) is 9.13. The Labute approximate surface area is 176 Å². The van der Waals surface area contributed by atoms with Crippen LogP contribution in [-0.2, 0) is 0 Å². The van der Waals surface area contributed by atoms with Crippen molar-refractivity contribution in [3.63, 3.8) is 0 Å². The Morgan fingerprint density at radius 2 is 2.13 bits per heavy atom. The van der Waals surface area contributed by atoms with Crippen LogP contribution in [-0.4, -0.2) is 57.6 Å². The summed E-state index contributed by atoms with van der Waals surface area (Å²) in [4.78, 5) is 16.3. The molecule has 1 amide bonds. The summed E-state index contributed by atoms with van der Waals surface area (Å²) in [5, 5.41) is 26.1. The summed E-state index contributed by atoms with van der Waals surface area (Å²) >= 11 is 6.49. The third kappa shape index (κ3) is 4.11. The molecule has 1 aliphatic rings. The normalized spacial score (nSPS) is 14.5. The highest BCUT2D eigenvalue weighted by Gasteiger charge is 2.24. The van der Waals surface area contributed by atoms with Crippen molar-refractivity contribution in [2.75, 3.05) is 36.4 Å². The predicted octanol–water partition coefficient (Wildman–Crippen LogP) is 2.39. The number of hydrogen-bond donors (Lipinski definition) is 2. The van der Waals surface area contributed by atoms with Crippen LogP contribution in [0.1, 0.15) is 16.4 Å². The number of hydrogen-bond acceptors (Lipinski definition) is 8. The largest absolute Gasteiger partial charge is 0.459 e. The molecule has 1 aromatic carbocycles. The van der Waals surface area contributed by atoms with Crippen LogP contribution in [0.15, 0.2) is 47.2 Å². The number of nitrogens with one attached hydrogen (secondary N) is 2. The molecule has 11 heteroatoms. The second-order valence-electron chi connectivity index (χ2n) is 6.47. The van der Waals surface area contributed by atoms with E-state index in [0.717, 1.165) is 5.69 Å². The van der Waals surface area contributed by atoms with Crippen LogP contribution in [0, 0.1) is 11.3 Å². The number of anilines is 2. The molecular weight excluding hydrogens is 408 g/mol. The number of benzene rings is 1. The SMILES string of the molecule is N#CC(=CNc1ccc(N2CCN(C(=O)c3ccco3)CC2)c(Cl)c1)c1nn[nH]n1. The molecule has 0 saturated carbocycles. The van der Waals surface area contributed by atoms with Crippen LogP contribution < -0.4 is 10.2 Å². The van der Waals surface area contributed by atoms with E-state index in [1.165, 1.54) is 12.5 Å². The van der Waals surface area contributed by atoms with Gasteiger partial charge in [-0.1, -0.05) is 11.6 Å². The van der Waals surface area contributed by atoms with Crippen molar-refractivity contribution >= 4 is 34.5 Å². The quantitative estimate of drug-likeness (QED) is 0.597. The van der Waals surface area contributed by atoms with Gasteiger partial charge in [-0.25, -0.2) is 0 Å². The lowest BCUT2D eigenvalue weighted by Gasteiger charge is -2.36. The summed E-state index contributed by atoms with van der Waals surface area (Å²) in [6.07, 6.45) is 2.99.